The zero-order chi connectivity index (χ0) is 23.8. The Labute approximate surface area is 202 Å². The van der Waals surface area contributed by atoms with Gasteiger partial charge in [0, 0.05) is 24.1 Å². The zero-order valence-corrected chi connectivity index (χ0v) is 19.2. The fourth-order valence-electron chi connectivity index (χ4n) is 4.55. The third kappa shape index (κ3) is 4.39. The van der Waals surface area contributed by atoms with Gasteiger partial charge in [-0.15, -0.1) is 0 Å². The fraction of sp³-hybridized carbons (Fsp3) is 0.207. The molecule has 3 aromatic carbocycles. The topological polar surface area (TPSA) is 59.3 Å². The van der Waals surface area contributed by atoms with E-state index in [1.54, 1.807) is 12.1 Å². The molecule has 0 unspecified atom stereocenters. The second kappa shape index (κ2) is 8.95. The van der Waals surface area contributed by atoms with Crippen LogP contribution in [0.4, 0.5) is 10.2 Å². The maximum atomic E-state index is 13.5. The van der Waals surface area contributed by atoms with Crippen LogP contribution in [0.15, 0.2) is 79.0 Å². The van der Waals surface area contributed by atoms with Gasteiger partial charge in [-0.05, 0) is 55.0 Å². The van der Waals surface area contributed by atoms with Crippen molar-refractivity contribution in [3.05, 3.63) is 95.9 Å². The molecule has 35 heavy (non-hydrogen) atoms. The van der Waals surface area contributed by atoms with Gasteiger partial charge in [0.1, 0.15) is 5.82 Å². The molecule has 0 radical (unpaired) electrons. The van der Waals surface area contributed by atoms with Gasteiger partial charge in [0.25, 0.3) is 0 Å². The number of fused-ring (bicyclic) bond motifs is 3. The number of ketones is 1. The Morgan fingerprint density at radius 3 is 2.66 bits per heavy atom. The summed E-state index contributed by atoms with van der Waals surface area (Å²) in [4.78, 5) is 22.0. The van der Waals surface area contributed by atoms with E-state index in [1.165, 1.54) is 18.9 Å². The van der Waals surface area contributed by atoms with E-state index in [2.05, 4.69) is 9.72 Å². The van der Waals surface area contributed by atoms with Gasteiger partial charge in [-0.3, -0.25) is 9.20 Å². The van der Waals surface area contributed by atoms with Gasteiger partial charge < -0.3 is 5.32 Å². The number of nitrogens with one attached hydrogen (secondary N) is 1. The molecule has 0 bridgehead atoms. The van der Waals surface area contributed by atoms with Gasteiger partial charge in [0.15, 0.2) is 17.2 Å². The lowest BCUT2D eigenvalue weighted by Gasteiger charge is -2.12. The van der Waals surface area contributed by atoms with Gasteiger partial charge >= 0.3 is 0 Å². The molecule has 0 saturated heterocycles. The Bertz CT molecular complexity index is 1540. The predicted octanol–water partition coefficient (Wildman–Crippen LogP) is 6.33. The van der Waals surface area contributed by atoms with Gasteiger partial charge in [-0.2, -0.15) is 0 Å². The van der Waals surface area contributed by atoms with Crippen LogP contribution in [0, 0.1) is 11.7 Å². The van der Waals surface area contributed by atoms with Crippen LogP contribution in [0.3, 0.4) is 0 Å². The summed E-state index contributed by atoms with van der Waals surface area (Å²) in [6.07, 6.45) is 5.51. The van der Waals surface area contributed by atoms with Crippen LogP contribution >= 0.6 is 0 Å². The van der Waals surface area contributed by atoms with Crippen LogP contribution in [0.1, 0.15) is 35.2 Å². The van der Waals surface area contributed by atoms with E-state index >= 15 is 0 Å². The van der Waals surface area contributed by atoms with Crippen LogP contribution in [-0.2, 0) is 6.42 Å². The van der Waals surface area contributed by atoms with Crippen molar-refractivity contribution in [1.29, 1.82) is 0 Å². The first-order chi connectivity index (χ1) is 17.2. The zero-order valence-electron chi connectivity index (χ0n) is 19.2. The van der Waals surface area contributed by atoms with Crippen LogP contribution in [0.2, 0.25) is 0 Å². The molecule has 0 aliphatic heterocycles. The number of nitrogens with zero attached hydrogens (tertiary/aromatic N) is 3. The number of hydrogen-bond acceptors (Lipinski definition) is 4. The van der Waals surface area contributed by atoms with E-state index in [9.17, 15) is 9.18 Å². The number of imidazole rings is 1. The Morgan fingerprint density at radius 1 is 1.03 bits per heavy atom. The second-order valence-electron chi connectivity index (χ2n) is 9.21. The lowest BCUT2D eigenvalue weighted by molar-refractivity contribution is 0.0976. The van der Waals surface area contributed by atoms with Crippen LogP contribution < -0.4 is 5.32 Å². The van der Waals surface area contributed by atoms with Crippen molar-refractivity contribution in [2.45, 2.75) is 25.7 Å². The Hall–Kier alpha value is -4.06. The number of Topliss-reactive ketones (excluding diaryl/α,β-unsaturated/α-hetero) is 1. The van der Waals surface area contributed by atoms with Crippen molar-refractivity contribution in [3.8, 4) is 11.3 Å². The van der Waals surface area contributed by atoms with Crippen LogP contribution in [0.25, 0.3) is 27.9 Å². The first-order valence-electron chi connectivity index (χ1n) is 12.0. The molecule has 2 heterocycles. The van der Waals surface area contributed by atoms with Gasteiger partial charge in [-0.1, -0.05) is 48.5 Å². The van der Waals surface area contributed by atoms with Crippen molar-refractivity contribution < 1.29 is 9.18 Å². The summed E-state index contributed by atoms with van der Waals surface area (Å²) in [6, 6.07) is 22.4. The predicted molar refractivity (Wildman–Crippen MR) is 136 cm³/mol. The number of anilines is 1. The monoisotopic (exact) mass is 464 g/mol. The summed E-state index contributed by atoms with van der Waals surface area (Å²) in [5.41, 5.74) is 6.15. The number of para-hydroxylation sites is 2. The summed E-state index contributed by atoms with van der Waals surface area (Å²) in [7, 11) is 0. The minimum absolute atomic E-state index is 0.219. The van der Waals surface area contributed by atoms with Gasteiger partial charge in [0.2, 0.25) is 0 Å². The summed E-state index contributed by atoms with van der Waals surface area (Å²) >= 11 is 0. The molecule has 174 valence electrons. The van der Waals surface area contributed by atoms with Crippen molar-refractivity contribution in [2.24, 2.45) is 5.92 Å². The number of hydrogen-bond donors (Lipinski definition) is 1. The number of halogens is 1. The highest BCUT2D eigenvalue weighted by atomic mass is 19.1. The smallest absolute Gasteiger partial charge is 0.181 e. The molecule has 1 aliphatic rings. The lowest BCUT2D eigenvalue weighted by Crippen LogP contribution is -2.09. The largest absolute Gasteiger partial charge is 0.367 e. The highest BCUT2D eigenvalue weighted by Crippen LogP contribution is 2.34. The number of benzene rings is 3. The number of rotatable bonds is 8. The van der Waals surface area contributed by atoms with Crippen LogP contribution in [-0.4, -0.2) is 26.7 Å². The van der Waals surface area contributed by atoms with Crippen molar-refractivity contribution in [3.63, 3.8) is 0 Å². The molecule has 2 aromatic heterocycles. The van der Waals surface area contributed by atoms with E-state index in [-0.39, 0.29) is 11.6 Å². The first kappa shape index (κ1) is 21.5. The maximum Gasteiger partial charge on any atom is 0.181 e. The number of carbonyl (C=O) groups is 1. The number of carbonyl (C=O) groups excluding carboxylic acids is 1. The molecule has 1 fully saturated rings. The van der Waals surface area contributed by atoms with E-state index in [1.807, 2.05) is 60.8 Å². The molecule has 1 saturated carbocycles. The quantitative estimate of drug-likeness (QED) is 0.273. The van der Waals surface area contributed by atoms with E-state index in [4.69, 9.17) is 9.97 Å². The summed E-state index contributed by atoms with van der Waals surface area (Å²) in [5.74, 6) is 1.25. The van der Waals surface area contributed by atoms with E-state index in [0.717, 1.165) is 39.1 Å². The summed E-state index contributed by atoms with van der Waals surface area (Å²) in [6.45, 7) is 0.602. The van der Waals surface area contributed by atoms with Crippen LogP contribution in [0.5, 0.6) is 0 Å². The summed E-state index contributed by atoms with van der Waals surface area (Å²) in [5, 5.41) is 3.40. The third-order valence-electron chi connectivity index (χ3n) is 6.60. The molecule has 1 N–H and O–H groups in total. The van der Waals surface area contributed by atoms with Gasteiger partial charge in [-0.25, -0.2) is 14.4 Å². The third-order valence-corrected chi connectivity index (χ3v) is 6.60. The Kier molecular flexibility index (Phi) is 5.49. The molecule has 0 atom stereocenters. The highest BCUT2D eigenvalue weighted by Gasteiger charge is 2.25. The average molecular weight is 465 g/mol. The SMILES string of the molecule is O=C(CC1CC1)c1ccc(-c2cnc3c(NCCc4cccc(F)c4)nc4ccccc4n23)cc1. The normalized spacial score (nSPS) is 13.4. The number of aromatic nitrogens is 3. The molecule has 0 amide bonds. The average Bonchev–Trinajstić information content (AvgIpc) is 3.58. The second-order valence-corrected chi connectivity index (χ2v) is 9.21. The molecule has 5 nitrogen and oxygen atoms in total. The molecule has 0 spiro atoms. The summed E-state index contributed by atoms with van der Waals surface area (Å²) < 4.78 is 15.6. The molecule has 6 rings (SSSR count). The van der Waals surface area contributed by atoms with Gasteiger partial charge in [0.05, 0.1) is 22.9 Å². The minimum atomic E-state index is -0.230. The van der Waals surface area contributed by atoms with Crippen molar-refractivity contribution in [1.82, 2.24) is 14.4 Å². The highest BCUT2D eigenvalue weighted by molar-refractivity contribution is 5.97. The molecular weight excluding hydrogens is 439 g/mol. The van der Waals surface area contributed by atoms with E-state index in [0.29, 0.717) is 31.1 Å². The minimum Gasteiger partial charge on any atom is -0.367 e. The lowest BCUT2D eigenvalue weighted by atomic mass is 10.0. The molecular formula is C29H25FN4O. The van der Waals surface area contributed by atoms with E-state index < -0.39 is 0 Å². The molecule has 6 heteroatoms. The van der Waals surface area contributed by atoms with Crippen molar-refractivity contribution >= 4 is 28.3 Å². The Morgan fingerprint density at radius 2 is 1.86 bits per heavy atom. The first-order valence-corrected chi connectivity index (χ1v) is 12.0. The Balaban J connectivity index is 1.33. The van der Waals surface area contributed by atoms with Crippen molar-refractivity contribution in [2.75, 3.05) is 11.9 Å². The standard InChI is InChI=1S/C29H25FN4O/c30-23-5-3-4-19(16-23)14-15-31-28-29-32-18-26(34(29)25-7-2-1-6-24(25)33-28)21-10-12-22(13-11-21)27(35)17-20-8-9-20/h1-7,10-13,16,18,20H,8-9,14-15,17H2,(H,31,33). The maximum absolute atomic E-state index is 13.5. The molecule has 5 aromatic rings. The molecule has 1 aliphatic carbocycles. The fourth-order valence-corrected chi connectivity index (χ4v) is 4.55.